The van der Waals surface area contributed by atoms with Crippen LogP contribution in [0, 0.1) is 0 Å². The van der Waals surface area contributed by atoms with Gasteiger partial charge in [0.05, 0.1) is 12.3 Å². The van der Waals surface area contributed by atoms with Gasteiger partial charge in [-0.15, -0.1) is 0 Å². The van der Waals surface area contributed by atoms with Crippen LogP contribution in [0.15, 0.2) is 24.3 Å². The molecule has 0 fully saturated rings. The van der Waals surface area contributed by atoms with Gasteiger partial charge in [-0.05, 0) is 55.6 Å². The van der Waals surface area contributed by atoms with Crippen LogP contribution < -0.4 is 21.5 Å². The van der Waals surface area contributed by atoms with E-state index in [0.717, 1.165) is 18.0 Å². The molecule has 1 aromatic carbocycles. The summed E-state index contributed by atoms with van der Waals surface area (Å²) in [6, 6.07) is 7.13. The lowest BCUT2D eigenvalue weighted by molar-refractivity contribution is -0.154. The van der Waals surface area contributed by atoms with E-state index >= 15 is 0 Å². The number of nitrogens with one attached hydrogen (secondary N) is 4. The van der Waals surface area contributed by atoms with Gasteiger partial charge >= 0.3 is 11.9 Å². The maximum absolute atomic E-state index is 11.4. The number of benzene rings is 1. The Hall–Kier alpha value is -2.00. The van der Waals surface area contributed by atoms with E-state index in [1.807, 2.05) is 23.9 Å². The monoisotopic (exact) mass is 426 g/mol. The maximum atomic E-state index is 11.4. The molecule has 28 heavy (non-hydrogen) atoms. The van der Waals surface area contributed by atoms with Crippen LogP contribution in [0.3, 0.4) is 0 Å². The standard InChI is InChI=1S/C19H30N4O3S2/c1-3-5-6-7-13-28-14-12-20-19(27)21-15-8-10-16(11-9-15)22-23-17(24)18(25)26-4-2/h8-11,22H,3-7,12-14H2,1-2H3,(H,23,24)(H2,20,21,27). The van der Waals surface area contributed by atoms with Crippen LogP contribution in [0.1, 0.15) is 39.5 Å². The van der Waals surface area contributed by atoms with Gasteiger partial charge < -0.3 is 15.4 Å². The lowest BCUT2D eigenvalue weighted by Crippen LogP contribution is -2.36. The molecule has 1 amide bonds. The SMILES string of the molecule is CCCCCCSCCNC(=S)Nc1ccc(NNC(=O)C(=O)OCC)cc1. The number of carbonyl (C=O) groups is 2. The summed E-state index contributed by atoms with van der Waals surface area (Å²) in [6.45, 7) is 4.83. The van der Waals surface area contributed by atoms with E-state index in [0.29, 0.717) is 10.8 Å². The van der Waals surface area contributed by atoms with Crippen molar-refractivity contribution < 1.29 is 14.3 Å². The number of carbonyl (C=O) groups excluding carboxylic acids is 2. The molecule has 0 saturated carbocycles. The fraction of sp³-hybridized carbons (Fsp3) is 0.526. The second-order valence-electron chi connectivity index (χ2n) is 5.93. The zero-order valence-corrected chi connectivity index (χ0v) is 18.1. The van der Waals surface area contributed by atoms with E-state index in [4.69, 9.17) is 12.2 Å². The summed E-state index contributed by atoms with van der Waals surface area (Å²) in [6.07, 6.45) is 5.18. The first-order valence-electron chi connectivity index (χ1n) is 9.52. The third kappa shape index (κ3) is 11.0. The molecular weight excluding hydrogens is 396 g/mol. The third-order valence-corrected chi connectivity index (χ3v) is 4.91. The topological polar surface area (TPSA) is 91.5 Å². The Morgan fingerprint density at radius 1 is 1.04 bits per heavy atom. The van der Waals surface area contributed by atoms with Crippen molar-refractivity contribution in [3.05, 3.63) is 24.3 Å². The molecule has 4 N–H and O–H groups in total. The van der Waals surface area contributed by atoms with E-state index in [-0.39, 0.29) is 6.61 Å². The highest BCUT2D eigenvalue weighted by atomic mass is 32.2. The fourth-order valence-electron chi connectivity index (χ4n) is 2.16. The molecule has 9 heteroatoms. The highest BCUT2D eigenvalue weighted by Crippen LogP contribution is 2.12. The molecule has 0 heterocycles. The predicted octanol–water partition coefficient (Wildman–Crippen LogP) is 3.29. The number of hydrogen-bond acceptors (Lipinski definition) is 6. The summed E-state index contributed by atoms with van der Waals surface area (Å²) < 4.78 is 4.60. The molecule has 1 rings (SSSR count). The molecule has 0 bridgehead atoms. The molecule has 0 saturated heterocycles. The van der Waals surface area contributed by atoms with Crippen LogP contribution in [-0.2, 0) is 14.3 Å². The number of unbranched alkanes of at least 4 members (excludes halogenated alkanes) is 3. The molecular formula is C19H30N4O3S2. The molecule has 0 atom stereocenters. The van der Waals surface area contributed by atoms with Gasteiger partial charge in [-0.3, -0.25) is 15.6 Å². The predicted molar refractivity (Wildman–Crippen MR) is 121 cm³/mol. The van der Waals surface area contributed by atoms with Crippen molar-refractivity contribution in [1.29, 1.82) is 0 Å². The average Bonchev–Trinajstić information content (AvgIpc) is 2.69. The Morgan fingerprint density at radius 2 is 1.75 bits per heavy atom. The third-order valence-electron chi connectivity index (χ3n) is 3.60. The first-order chi connectivity index (χ1) is 13.6. The molecule has 0 spiro atoms. The van der Waals surface area contributed by atoms with Crippen LogP contribution >= 0.6 is 24.0 Å². The molecule has 7 nitrogen and oxygen atoms in total. The van der Waals surface area contributed by atoms with Crippen LogP contribution in [0.25, 0.3) is 0 Å². The molecule has 0 aromatic heterocycles. The highest BCUT2D eigenvalue weighted by Gasteiger charge is 2.13. The van der Waals surface area contributed by atoms with E-state index in [1.54, 1.807) is 19.1 Å². The van der Waals surface area contributed by atoms with E-state index in [9.17, 15) is 9.59 Å². The summed E-state index contributed by atoms with van der Waals surface area (Å²) >= 11 is 7.23. The summed E-state index contributed by atoms with van der Waals surface area (Å²) in [5.41, 5.74) is 6.38. The quantitative estimate of drug-likeness (QED) is 0.133. The van der Waals surface area contributed by atoms with Crippen LogP contribution in [0.4, 0.5) is 11.4 Å². The van der Waals surface area contributed by atoms with Gasteiger partial charge in [0, 0.05) is 18.0 Å². The van der Waals surface area contributed by atoms with Crippen molar-refractivity contribution in [1.82, 2.24) is 10.7 Å². The van der Waals surface area contributed by atoms with Crippen molar-refractivity contribution in [3.63, 3.8) is 0 Å². The van der Waals surface area contributed by atoms with Gasteiger partial charge in [-0.2, -0.15) is 11.8 Å². The number of ether oxygens (including phenoxy) is 1. The molecule has 0 unspecified atom stereocenters. The number of esters is 1. The highest BCUT2D eigenvalue weighted by molar-refractivity contribution is 7.99. The Bertz CT molecular complexity index is 612. The molecule has 0 aliphatic carbocycles. The molecule has 0 aliphatic rings. The largest absolute Gasteiger partial charge is 0.459 e. The second-order valence-corrected chi connectivity index (χ2v) is 7.56. The fourth-order valence-corrected chi connectivity index (χ4v) is 3.24. The van der Waals surface area contributed by atoms with Gasteiger partial charge in [0.1, 0.15) is 0 Å². The van der Waals surface area contributed by atoms with Crippen molar-refractivity contribution in [2.24, 2.45) is 0 Å². The van der Waals surface area contributed by atoms with Crippen molar-refractivity contribution in [3.8, 4) is 0 Å². The number of thioether (sulfide) groups is 1. The summed E-state index contributed by atoms with van der Waals surface area (Å²) in [5.74, 6) is 0.446. The van der Waals surface area contributed by atoms with Crippen LogP contribution in [-0.4, -0.2) is 41.6 Å². The van der Waals surface area contributed by atoms with Crippen molar-refractivity contribution >= 4 is 52.3 Å². The Kier molecular flexibility index (Phi) is 12.9. The minimum absolute atomic E-state index is 0.151. The molecule has 0 aliphatic heterocycles. The number of hydrogen-bond donors (Lipinski definition) is 4. The number of rotatable bonds is 12. The van der Waals surface area contributed by atoms with Gasteiger partial charge in [-0.25, -0.2) is 4.79 Å². The second kappa shape index (κ2) is 15.0. The lowest BCUT2D eigenvalue weighted by Gasteiger charge is -2.12. The van der Waals surface area contributed by atoms with Crippen molar-refractivity contribution in [2.45, 2.75) is 39.5 Å². The zero-order chi connectivity index (χ0) is 20.6. The zero-order valence-electron chi connectivity index (χ0n) is 16.5. The van der Waals surface area contributed by atoms with Gasteiger partial charge in [0.25, 0.3) is 0 Å². The van der Waals surface area contributed by atoms with E-state index in [1.165, 1.54) is 31.4 Å². The van der Waals surface area contributed by atoms with Crippen LogP contribution in [0.5, 0.6) is 0 Å². The summed E-state index contributed by atoms with van der Waals surface area (Å²) in [5, 5.41) is 6.87. The first-order valence-corrected chi connectivity index (χ1v) is 11.1. The summed E-state index contributed by atoms with van der Waals surface area (Å²) in [4.78, 5) is 22.7. The van der Waals surface area contributed by atoms with Crippen LogP contribution in [0.2, 0.25) is 0 Å². The number of anilines is 2. The van der Waals surface area contributed by atoms with E-state index in [2.05, 4.69) is 33.1 Å². The molecule has 1 aromatic rings. The van der Waals surface area contributed by atoms with Gasteiger partial charge in [0.15, 0.2) is 5.11 Å². The number of amides is 1. The maximum Gasteiger partial charge on any atom is 0.398 e. The van der Waals surface area contributed by atoms with Gasteiger partial charge in [-0.1, -0.05) is 26.2 Å². The lowest BCUT2D eigenvalue weighted by atomic mass is 10.2. The minimum Gasteiger partial charge on any atom is -0.459 e. The number of thiocarbonyl (C=S) groups is 1. The molecule has 0 radical (unpaired) electrons. The average molecular weight is 427 g/mol. The van der Waals surface area contributed by atoms with Gasteiger partial charge in [0.2, 0.25) is 0 Å². The normalized spacial score (nSPS) is 10.1. The van der Waals surface area contributed by atoms with E-state index < -0.39 is 11.9 Å². The Balaban J connectivity index is 2.20. The smallest absolute Gasteiger partial charge is 0.398 e. The minimum atomic E-state index is -0.927. The molecule has 156 valence electrons. The summed E-state index contributed by atoms with van der Waals surface area (Å²) in [7, 11) is 0. The van der Waals surface area contributed by atoms with Crippen molar-refractivity contribution in [2.75, 3.05) is 35.4 Å². The Morgan fingerprint density at radius 3 is 2.43 bits per heavy atom. The Labute approximate surface area is 176 Å². The number of hydrazine groups is 1. The first kappa shape index (κ1) is 24.0.